The highest BCUT2D eigenvalue weighted by Crippen LogP contribution is 2.34. The summed E-state index contributed by atoms with van der Waals surface area (Å²) < 4.78 is 7.06. The van der Waals surface area contributed by atoms with Crippen molar-refractivity contribution in [3.63, 3.8) is 0 Å². The van der Waals surface area contributed by atoms with Gasteiger partial charge >= 0.3 is 5.88 Å². The van der Waals surface area contributed by atoms with Crippen LogP contribution in [0.3, 0.4) is 0 Å². The Labute approximate surface area is 199 Å². The standard InChI is InChI=1S/C23H23N5O5S/c29-22(18-13-16-14-25-19-4-1-5-21(34-18)27(16)19)24-10-2-3-15-8-11-26(12-9-15)23(30)17-6-7-20(33-17)28(31)32/h1,4-7,13-15H,2-3,8-12H2,(H,24,29). The molecule has 10 nitrogen and oxygen atoms in total. The molecule has 0 atom stereocenters. The molecule has 2 aliphatic heterocycles. The van der Waals surface area contributed by atoms with Gasteiger partial charge in [0.2, 0.25) is 0 Å². The van der Waals surface area contributed by atoms with Crippen LogP contribution in [0.15, 0.2) is 50.9 Å². The van der Waals surface area contributed by atoms with Gasteiger partial charge in [-0.2, -0.15) is 0 Å². The van der Waals surface area contributed by atoms with Gasteiger partial charge in [-0.25, -0.2) is 4.98 Å². The van der Waals surface area contributed by atoms with E-state index in [0.717, 1.165) is 42.1 Å². The quantitative estimate of drug-likeness (QED) is 0.310. The highest BCUT2D eigenvalue weighted by atomic mass is 32.2. The van der Waals surface area contributed by atoms with Gasteiger partial charge in [-0.05, 0) is 55.9 Å². The molecule has 0 aliphatic carbocycles. The lowest BCUT2D eigenvalue weighted by molar-refractivity contribution is -0.402. The van der Waals surface area contributed by atoms with E-state index in [1.165, 1.54) is 23.9 Å². The zero-order chi connectivity index (χ0) is 23.7. The van der Waals surface area contributed by atoms with Crippen molar-refractivity contribution >= 4 is 41.2 Å². The third kappa shape index (κ3) is 4.43. The molecule has 3 aromatic heterocycles. The Balaban J connectivity index is 1.05. The van der Waals surface area contributed by atoms with Crippen molar-refractivity contribution in [2.24, 2.45) is 5.92 Å². The SMILES string of the molecule is O=C(NCCCC1CCN(C(=O)c2ccc([N+](=O)[O-])o2)CC1)C1=Cc2cnc3cccc(n23)S1. The first-order chi connectivity index (χ1) is 16.5. The molecule has 176 valence electrons. The number of amides is 2. The summed E-state index contributed by atoms with van der Waals surface area (Å²) in [5.41, 5.74) is 1.77. The molecule has 0 saturated carbocycles. The molecule has 0 unspecified atom stereocenters. The Morgan fingerprint density at radius 3 is 2.82 bits per heavy atom. The summed E-state index contributed by atoms with van der Waals surface area (Å²) >= 11 is 1.44. The highest BCUT2D eigenvalue weighted by molar-refractivity contribution is 8.04. The van der Waals surface area contributed by atoms with Gasteiger partial charge in [-0.1, -0.05) is 17.8 Å². The lowest BCUT2D eigenvalue weighted by Gasteiger charge is -2.31. The summed E-state index contributed by atoms with van der Waals surface area (Å²) in [5.74, 6) is -0.342. The predicted octanol–water partition coefficient (Wildman–Crippen LogP) is 3.73. The van der Waals surface area contributed by atoms with Crippen LogP contribution in [0.2, 0.25) is 0 Å². The molecule has 5 heterocycles. The van der Waals surface area contributed by atoms with Crippen LogP contribution < -0.4 is 5.32 Å². The fourth-order valence-electron chi connectivity index (χ4n) is 4.40. The van der Waals surface area contributed by atoms with Crippen molar-refractivity contribution in [3.8, 4) is 0 Å². The summed E-state index contributed by atoms with van der Waals surface area (Å²) in [5, 5.41) is 14.7. The number of aromatic nitrogens is 2. The molecule has 5 rings (SSSR count). The number of pyridine rings is 1. The zero-order valence-corrected chi connectivity index (χ0v) is 19.1. The molecule has 0 radical (unpaired) electrons. The largest absolute Gasteiger partial charge is 0.433 e. The number of piperidine rings is 1. The Kier molecular flexibility index (Phi) is 6.10. The maximum atomic E-state index is 12.7. The van der Waals surface area contributed by atoms with Crippen molar-refractivity contribution in [3.05, 3.63) is 63.0 Å². The van der Waals surface area contributed by atoms with E-state index in [4.69, 9.17) is 4.42 Å². The summed E-state index contributed by atoms with van der Waals surface area (Å²) in [4.78, 5) is 42.0. The van der Waals surface area contributed by atoms with Crippen molar-refractivity contribution in [1.29, 1.82) is 0 Å². The highest BCUT2D eigenvalue weighted by Gasteiger charge is 2.27. The molecule has 0 bridgehead atoms. The first-order valence-corrected chi connectivity index (χ1v) is 12.0. The van der Waals surface area contributed by atoms with Gasteiger partial charge in [0.25, 0.3) is 11.8 Å². The number of imidazole rings is 1. The Bertz CT molecular complexity index is 1290. The Morgan fingerprint density at radius 1 is 1.24 bits per heavy atom. The minimum absolute atomic E-state index is 0.00189. The predicted molar refractivity (Wildman–Crippen MR) is 125 cm³/mol. The van der Waals surface area contributed by atoms with E-state index in [0.29, 0.717) is 30.5 Å². The van der Waals surface area contributed by atoms with E-state index in [2.05, 4.69) is 10.3 Å². The lowest BCUT2D eigenvalue weighted by Crippen LogP contribution is -2.38. The molecule has 0 aromatic carbocycles. The van der Waals surface area contributed by atoms with Crippen LogP contribution in [0.4, 0.5) is 5.88 Å². The molecule has 34 heavy (non-hydrogen) atoms. The normalized spacial score (nSPS) is 15.9. The van der Waals surface area contributed by atoms with E-state index < -0.39 is 10.8 Å². The maximum absolute atomic E-state index is 12.7. The summed E-state index contributed by atoms with van der Waals surface area (Å²) in [7, 11) is 0. The number of hydrogen-bond donors (Lipinski definition) is 1. The van der Waals surface area contributed by atoms with Crippen LogP contribution in [-0.2, 0) is 4.79 Å². The first-order valence-electron chi connectivity index (χ1n) is 11.2. The van der Waals surface area contributed by atoms with Crippen LogP contribution in [0.25, 0.3) is 11.7 Å². The smallest absolute Gasteiger partial charge is 0.395 e. The van der Waals surface area contributed by atoms with Gasteiger partial charge in [-0.3, -0.25) is 24.1 Å². The van der Waals surface area contributed by atoms with E-state index in [1.807, 2.05) is 28.7 Å². The van der Waals surface area contributed by atoms with Gasteiger partial charge in [0.05, 0.1) is 27.9 Å². The fraction of sp³-hybridized carbons (Fsp3) is 0.348. The average Bonchev–Trinajstić information content (AvgIpc) is 3.51. The van der Waals surface area contributed by atoms with Crippen LogP contribution in [0.1, 0.15) is 41.9 Å². The number of nitro groups is 1. The number of carbonyl (C=O) groups excluding carboxylic acids is 2. The second-order valence-electron chi connectivity index (χ2n) is 8.38. The maximum Gasteiger partial charge on any atom is 0.433 e. The van der Waals surface area contributed by atoms with Crippen LogP contribution >= 0.6 is 11.8 Å². The van der Waals surface area contributed by atoms with E-state index in [-0.39, 0.29) is 17.6 Å². The lowest BCUT2D eigenvalue weighted by atomic mass is 9.92. The number of nitrogens with zero attached hydrogens (tertiary/aromatic N) is 4. The minimum Gasteiger partial charge on any atom is -0.395 e. The second kappa shape index (κ2) is 9.34. The third-order valence-corrected chi connectivity index (χ3v) is 7.25. The first kappa shape index (κ1) is 22.2. The second-order valence-corrected chi connectivity index (χ2v) is 9.44. The number of hydrogen-bond acceptors (Lipinski definition) is 7. The van der Waals surface area contributed by atoms with Crippen molar-refractivity contribution in [2.75, 3.05) is 19.6 Å². The monoisotopic (exact) mass is 481 g/mol. The average molecular weight is 482 g/mol. The summed E-state index contributed by atoms with van der Waals surface area (Å²) in [6, 6.07) is 8.41. The van der Waals surface area contributed by atoms with Crippen LogP contribution in [0.5, 0.6) is 0 Å². The molecule has 3 aromatic rings. The van der Waals surface area contributed by atoms with Crippen molar-refractivity contribution in [1.82, 2.24) is 19.6 Å². The van der Waals surface area contributed by atoms with Gasteiger partial charge < -0.3 is 14.6 Å². The van der Waals surface area contributed by atoms with Gasteiger partial charge in [0.1, 0.15) is 10.6 Å². The molecule has 2 amide bonds. The fourth-order valence-corrected chi connectivity index (χ4v) is 5.41. The number of furan rings is 1. The molecule has 1 N–H and O–H groups in total. The number of rotatable bonds is 7. The number of carbonyl (C=O) groups is 2. The molecule has 11 heteroatoms. The number of likely N-dealkylation sites (tertiary alicyclic amines) is 1. The van der Waals surface area contributed by atoms with Crippen LogP contribution in [-0.4, -0.2) is 50.7 Å². The molecule has 0 spiro atoms. The minimum atomic E-state index is -0.652. The number of thioether (sulfide) groups is 1. The van der Waals surface area contributed by atoms with Gasteiger partial charge in [0, 0.05) is 19.6 Å². The molecule has 2 aliphatic rings. The third-order valence-electron chi connectivity index (χ3n) is 6.20. The topological polar surface area (TPSA) is 123 Å². The van der Waals surface area contributed by atoms with Crippen molar-refractivity contribution in [2.45, 2.75) is 30.7 Å². The Hall–Kier alpha value is -3.60. The summed E-state index contributed by atoms with van der Waals surface area (Å²) in [6.07, 6.45) is 7.19. The van der Waals surface area contributed by atoms with Crippen LogP contribution in [0, 0.1) is 16.0 Å². The number of nitrogens with one attached hydrogen (secondary N) is 1. The Morgan fingerprint density at radius 2 is 2.06 bits per heavy atom. The molecule has 1 fully saturated rings. The van der Waals surface area contributed by atoms with E-state index in [9.17, 15) is 19.7 Å². The molecule has 1 saturated heterocycles. The van der Waals surface area contributed by atoms with Gasteiger partial charge in [-0.15, -0.1) is 0 Å². The summed E-state index contributed by atoms with van der Waals surface area (Å²) in [6.45, 7) is 1.77. The van der Waals surface area contributed by atoms with Gasteiger partial charge in [0.15, 0.2) is 5.76 Å². The van der Waals surface area contributed by atoms with E-state index in [1.54, 1.807) is 11.1 Å². The zero-order valence-electron chi connectivity index (χ0n) is 18.3. The molecular weight excluding hydrogens is 458 g/mol. The van der Waals surface area contributed by atoms with Crippen molar-refractivity contribution < 1.29 is 18.9 Å². The molecular formula is C23H23N5O5S. The van der Waals surface area contributed by atoms with E-state index >= 15 is 0 Å².